The lowest BCUT2D eigenvalue weighted by Gasteiger charge is -2.01. The predicted octanol–water partition coefficient (Wildman–Crippen LogP) is 3.42. The van der Waals surface area contributed by atoms with Gasteiger partial charge >= 0.3 is 0 Å². The van der Waals surface area contributed by atoms with Gasteiger partial charge in [-0.2, -0.15) is 4.52 Å². The van der Waals surface area contributed by atoms with Gasteiger partial charge in [-0.15, -0.1) is 16.4 Å². The number of aryl methyl sites for hydroxylation is 3. The average molecular weight is 372 g/mol. The third kappa shape index (κ3) is 2.83. The summed E-state index contributed by atoms with van der Waals surface area (Å²) in [4.78, 5) is 17.7. The molecule has 0 spiro atoms. The van der Waals surface area contributed by atoms with Crippen LogP contribution in [0, 0.1) is 13.8 Å². The van der Waals surface area contributed by atoms with Crippen molar-refractivity contribution in [1.29, 1.82) is 0 Å². The van der Waals surface area contributed by atoms with Crippen LogP contribution in [0.15, 0.2) is 17.8 Å². The van der Waals surface area contributed by atoms with Gasteiger partial charge < -0.3 is 4.57 Å². The van der Waals surface area contributed by atoms with Gasteiger partial charge in [0.2, 0.25) is 0 Å². The summed E-state index contributed by atoms with van der Waals surface area (Å²) in [6.07, 6.45) is 7.43. The minimum absolute atomic E-state index is 0.449. The summed E-state index contributed by atoms with van der Waals surface area (Å²) in [5, 5.41) is 7.75. The molecule has 0 unspecified atom stereocenters. The zero-order chi connectivity index (χ0) is 17.6. The van der Waals surface area contributed by atoms with E-state index in [4.69, 9.17) is 11.6 Å². The van der Waals surface area contributed by atoms with E-state index in [1.54, 1.807) is 22.0 Å². The highest BCUT2D eigenvalue weighted by atomic mass is 35.5. The number of hydrogen-bond acceptors (Lipinski definition) is 6. The molecule has 126 valence electrons. The van der Waals surface area contributed by atoms with E-state index in [1.165, 1.54) is 0 Å². The van der Waals surface area contributed by atoms with E-state index in [9.17, 15) is 0 Å². The van der Waals surface area contributed by atoms with Gasteiger partial charge in [0.05, 0.1) is 0 Å². The maximum absolute atomic E-state index is 6.12. The fourth-order valence-corrected chi connectivity index (χ4v) is 3.27. The average Bonchev–Trinajstić information content (AvgIpc) is 3.30. The van der Waals surface area contributed by atoms with E-state index in [0.29, 0.717) is 22.4 Å². The van der Waals surface area contributed by atoms with Crippen molar-refractivity contribution in [2.45, 2.75) is 13.8 Å². The summed E-state index contributed by atoms with van der Waals surface area (Å²) < 4.78 is 3.64. The molecule has 4 aromatic heterocycles. The molecule has 0 radical (unpaired) electrons. The second-order valence-electron chi connectivity index (χ2n) is 5.55. The van der Waals surface area contributed by atoms with Crippen LogP contribution in [0.25, 0.3) is 28.5 Å². The lowest BCUT2D eigenvalue weighted by molar-refractivity contribution is 0.854. The minimum Gasteiger partial charge on any atom is -0.334 e. The van der Waals surface area contributed by atoms with Gasteiger partial charge in [-0.3, -0.25) is 0 Å². The second-order valence-corrected chi connectivity index (χ2v) is 6.80. The molecule has 0 fully saturated rings. The molecule has 25 heavy (non-hydrogen) atoms. The molecule has 0 aliphatic heterocycles. The molecule has 4 heterocycles. The Morgan fingerprint density at radius 1 is 1.16 bits per heavy atom. The SMILES string of the molecule is Cc1c(Cl)nc(C)n2nc(/C=C/c3nc(-c4nccs4)cn3C)nc12. The molecule has 0 amide bonds. The molecule has 0 saturated carbocycles. The maximum Gasteiger partial charge on any atom is 0.175 e. The van der Waals surface area contributed by atoms with Gasteiger partial charge in [-0.25, -0.2) is 19.9 Å². The van der Waals surface area contributed by atoms with Crippen LogP contribution in [0.4, 0.5) is 0 Å². The van der Waals surface area contributed by atoms with Crippen LogP contribution in [-0.4, -0.2) is 34.1 Å². The summed E-state index contributed by atoms with van der Waals surface area (Å²) in [5.74, 6) is 2.07. The molecule has 0 saturated heterocycles. The van der Waals surface area contributed by atoms with Crippen LogP contribution < -0.4 is 0 Å². The Hall–Kier alpha value is -2.58. The Morgan fingerprint density at radius 2 is 2.00 bits per heavy atom. The molecule has 0 N–H and O–H groups in total. The van der Waals surface area contributed by atoms with Gasteiger partial charge in [0.15, 0.2) is 11.5 Å². The van der Waals surface area contributed by atoms with Gasteiger partial charge in [-0.05, 0) is 26.0 Å². The van der Waals surface area contributed by atoms with Crippen molar-refractivity contribution in [2.24, 2.45) is 7.05 Å². The number of nitrogens with zero attached hydrogens (tertiary/aromatic N) is 7. The van der Waals surface area contributed by atoms with Crippen LogP contribution >= 0.6 is 22.9 Å². The Labute approximate surface area is 152 Å². The zero-order valence-electron chi connectivity index (χ0n) is 13.8. The molecule has 0 bridgehead atoms. The molecule has 0 aliphatic carbocycles. The number of rotatable bonds is 3. The van der Waals surface area contributed by atoms with E-state index in [-0.39, 0.29) is 0 Å². The first kappa shape index (κ1) is 15.9. The van der Waals surface area contributed by atoms with E-state index in [0.717, 1.165) is 22.1 Å². The summed E-state index contributed by atoms with van der Waals surface area (Å²) in [5.41, 5.74) is 2.37. The quantitative estimate of drug-likeness (QED) is 0.516. The van der Waals surface area contributed by atoms with Gasteiger partial charge in [-0.1, -0.05) is 11.6 Å². The number of thiazole rings is 1. The van der Waals surface area contributed by atoms with E-state index in [1.807, 2.05) is 49.2 Å². The van der Waals surface area contributed by atoms with Gasteiger partial charge in [0.1, 0.15) is 27.5 Å². The predicted molar refractivity (Wildman–Crippen MR) is 98.5 cm³/mol. The summed E-state index contributed by atoms with van der Waals surface area (Å²) in [6.45, 7) is 3.73. The summed E-state index contributed by atoms with van der Waals surface area (Å²) >= 11 is 7.68. The first-order valence-electron chi connectivity index (χ1n) is 7.53. The fourth-order valence-electron chi connectivity index (χ4n) is 2.47. The molecule has 7 nitrogen and oxygen atoms in total. The van der Waals surface area contributed by atoms with Crippen LogP contribution in [0.1, 0.15) is 23.0 Å². The Morgan fingerprint density at radius 3 is 2.76 bits per heavy atom. The Kier molecular flexibility index (Phi) is 3.85. The Balaban J connectivity index is 1.70. The molecule has 9 heteroatoms. The molecule has 4 rings (SSSR count). The Bertz CT molecular complexity index is 1090. The topological polar surface area (TPSA) is 73.8 Å². The first-order valence-corrected chi connectivity index (χ1v) is 8.79. The maximum atomic E-state index is 6.12. The highest BCUT2D eigenvalue weighted by molar-refractivity contribution is 7.13. The summed E-state index contributed by atoms with van der Waals surface area (Å²) in [6, 6.07) is 0. The fraction of sp³-hybridized carbons (Fsp3) is 0.188. The third-order valence-electron chi connectivity index (χ3n) is 3.78. The van der Waals surface area contributed by atoms with Crippen LogP contribution in [0.3, 0.4) is 0 Å². The monoisotopic (exact) mass is 371 g/mol. The molecule has 4 aromatic rings. The normalized spacial score (nSPS) is 11.8. The minimum atomic E-state index is 0.449. The summed E-state index contributed by atoms with van der Waals surface area (Å²) in [7, 11) is 1.94. The standard InChI is InChI=1S/C16H14ClN7S/c1-9-14(17)19-10(2)24-15(9)21-12(22-24)4-5-13-20-11(8-23(13)3)16-18-6-7-25-16/h4-8H,1-3H3/b5-4+. The van der Waals surface area contributed by atoms with Gasteiger partial charge in [0, 0.05) is 30.4 Å². The molecular formula is C16H14ClN7S. The number of halogens is 1. The number of aromatic nitrogens is 7. The van der Waals surface area contributed by atoms with Crippen molar-refractivity contribution in [3.05, 3.63) is 46.0 Å². The van der Waals surface area contributed by atoms with Crippen molar-refractivity contribution >= 4 is 40.7 Å². The number of imidazole rings is 1. The highest BCUT2D eigenvalue weighted by Crippen LogP contribution is 2.21. The first-order chi connectivity index (χ1) is 12.0. The van der Waals surface area contributed by atoms with Crippen LogP contribution in [0.5, 0.6) is 0 Å². The molecule has 0 aliphatic rings. The largest absolute Gasteiger partial charge is 0.334 e. The van der Waals surface area contributed by atoms with Crippen molar-refractivity contribution in [3.63, 3.8) is 0 Å². The highest BCUT2D eigenvalue weighted by Gasteiger charge is 2.12. The van der Waals surface area contributed by atoms with E-state index in [2.05, 4.69) is 25.0 Å². The van der Waals surface area contributed by atoms with E-state index >= 15 is 0 Å². The molecule has 0 atom stereocenters. The zero-order valence-corrected chi connectivity index (χ0v) is 15.4. The van der Waals surface area contributed by atoms with Gasteiger partial charge in [0.25, 0.3) is 0 Å². The van der Waals surface area contributed by atoms with Crippen LogP contribution in [-0.2, 0) is 7.05 Å². The van der Waals surface area contributed by atoms with Crippen molar-refractivity contribution in [3.8, 4) is 10.7 Å². The molecule has 0 aromatic carbocycles. The smallest absolute Gasteiger partial charge is 0.175 e. The van der Waals surface area contributed by atoms with Crippen molar-refractivity contribution in [1.82, 2.24) is 34.1 Å². The van der Waals surface area contributed by atoms with E-state index < -0.39 is 0 Å². The lowest BCUT2D eigenvalue weighted by Crippen LogP contribution is -2.00. The third-order valence-corrected chi connectivity index (χ3v) is 4.94. The second kappa shape index (κ2) is 6.05. The van der Waals surface area contributed by atoms with Crippen LogP contribution in [0.2, 0.25) is 5.15 Å². The molecular weight excluding hydrogens is 358 g/mol. The lowest BCUT2D eigenvalue weighted by atomic mass is 10.3. The number of fused-ring (bicyclic) bond motifs is 1. The van der Waals surface area contributed by atoms with Crippen molar-refractivity contribution in [2.75, 3.05) is 0 Å². The number of hydrogen-bond donors (Lipinski definition) is 0. The van der Waals surface area contributed by atoms with Crippen molar-refractivity contribution < 1.29 is 0 Å².